The number of urea groups is 1. The Morgan fingerprint density at radius 3 is 2.47 bits per heavy atom. The number of nitrogens with zero attached hydrogens (tertiary/aromatic N) is 1. The number of nitrogens with one attached hydrogen (secondary N) is 2. The molecule has 1 unspecified atom stereocenters. The molecule has 3 aromatic rings. The van der Waals surface area contributed by atoms with Gasteiger partial charge in [-0.25, -0.2) is 14.4 Å². The van der Waals surface area contributed by atoms with Crippen molar-refractivity contribution in [3.05, 3.63) is 77.9 Å². The quantitative estimate of drug-likeness (QED) is 0.393. The Morgan fingerprint density at radius 2 is 1.74 bits per heavy atom. The molecule has 4 rings (SSSR count). The van der Waals surface area contributed by atoms with Gasteiger partial charge in [-0.1, -0.05) is 48.5 Å². The molecule has 10 heteroatoms. The number of aromatic carboxylic acids is 1. The van der Waals surface area contributed by atoms with E-state index in [9.17, 15) is 19.2 Å². The Balaban J connectivity index is 1.55. The van der Waals surface area contributed by atoms with Gasteiger partial charge < -0.3 is 25.4 Å². The summed E-state index contributed by atoms with van der Waals surface area (Å²) in [5, 5.41) is 15.7. The van der Waals surface area contributed by atoms with Crippen LogP contribution in [0.1, 0.15) is 42.1 Å². The van der Waals surface area contributed by atoms with E-state index in [-0.39, 0.29) is 17.8 Å². The van der Waals surface area contributed by atoms with Gasteiger partial charge in [-0.05, 0) is 55.3 Å². The minimum absolute atomic E-state index is 0.0195. The van der Waals surface area contributed by atoms with E-state index in [0.29, 0.717) is 5.75 Å². The second kappa shape index (κ2) is 11.1. The monoisotopic (exact) mass is 535 g/mol. The molecule has 3 amide bonds. The van der Waals surface area contributed by atoms with E-state index in [1.807, 2.05) is 42.5 Å². The first kappa shape index (κ1) is 27.0. The first-order chi connectivity index (χ1) is 18.0. The molecule has 0 spiro atoms. The topological polar surface area (TPSA) is 125 Å². The van der Waals surface area contributed by atoms with Crippen LogP contribution in [0.5, 0.6) is 0 Å². The van der Waals surface area contributed by atoms with Crippen molar-refractivity contribution in [1.82, 2.24) is 10.2 Å². The average Bonchev–Trinajstić information content (AvgIpc) is 3.31. The second-order valence-electron chi connectivity index (χ2n) is 9.80. The van der Waals surface area contributed by atoms with Crippen LogP contribution in [-0.2, 0) is 14.3 Å². The van der Waals surface area contributed by atoms with E-state index in [2.05, 4.69) is 10.6 Å². The van der Waals surface area contributed by atoms with Gasteiger partial charge in [-0.2, -0.15) is 0 Å². The largest absolute Gasteiger partial charge is 0.478 e. The zero-order chi connectivity index (χ0) is 27.4. The lowest BCUT2D eigenvalue weighted by Gasteiger charge is -2.31. The number of hydrogen-bond acceptors (Lipinski definition) is 6. The van der Waals surface area contributed by atoms with Crippen LogP contribution in [0.25, 0.3) is 10.8 Å². The number of hydrogen-bond donors (Lipinski definition) is 3. The molecular weight excluding hydrogens is 506 g/mol. The van der Waals surface area contributed by atoms with Gasteiger partial charge >= 0.3 is 18.0 Å². The Morgan fingerprint density at radius 1 is 1.03 bits per heavy atom. The van der Waals surface area contributed by atoms with Crippen molar-refractivity contribution in [2.75, 3.05) is 17.6 Å². The molecule has 0 radical (unpaired) electrons. The van der Waals surface area contributed by atoms with Crippen molar-refractivity contribution in [2.24, 2.45) is 0 Å². The normalized spacial score (nSPS) is 17.2. The van der Waals surface area contributed by atoms with Gasteiger partial charge in [0.05, 0.1) is 12.1 Å². The zero-order valence-electron chi connectivity index (χ0n) is 21.3. The third-order valence-corrected chi connectivity index (χ3v) is 7.13. The predicted molar refractivity (Wildman–Crippen MR) is 146 cm³/mol. The molecule has 3 N–H and O–H groups in total. The fraction of sp³-hybridized carbons (Fsp3) is 0.286. The predicted octanol–water partition coefficient (Wildman–Crippen LogP) is 4.64. The summed E-state index contributed by atoms with van der Waals surface area (Å²) in [6.45, 7) is 4.94. The highest BCUT2D eigenvalue weighted by Crippen LogP contribution is 2.44. The number of carboxylic acid groups (broad SMARTS) is 1. The van der Waals surface area contributed by atoms with E-state index >= 15 is 0 Å². The van der Waals surface area contributed by atoms with E-state index in [1.165, 1.54) is 34.9 Å². The number of amides is 3. The van der Waals surface area contributed by atoms with Crippen LogP contribution in [0.4, 0.5) is 10.5 Å². The van der Waals surface area contributed by atoms with Crippen LogP contribution in [-0.4, -0.2) is 57.8 Å². The maximum absolute atomic E-state index is 13.5. The number of carboxylic acids is 1. The minimum atomic E-state index is -1.12. The molecule has 2 atom stereocenters. The van der Waals surface area contributed by atoms with Crippen molar-refractivity contribution in [2.45, 2.75) is 37.8 Å². The van der Waals surface area contributed by atoms with Gasteiger partial charge in [0, 0.05) is 11.4 Å². The van der Waals surface area contributed by atoms with E-state index < -0.39 is 40.9 Å². The number of rotatable bonds is 6. The third kappa shape index (κ3) is 6.25. The molecule has 1 fully saturated rings. The van der Waals surface area contributed by atoms with E-state index in [0.717, 1.165) is 16.3 Å². The van der Waals surface area contributed by atoms with E-state index in [1.54, 1.807) is 26.8 Å². The number of esters is 1. The lowest BCUT2D eigenvalue weighted by molar-refractivity contribution is -0.163. The molecule has 0 aromatic heterocycles. The van der Waals surface area contributed by atoms with Gasteiger partial charge in [0.25, 0.3) is 0 Å². The number of benzene rings is 3. The van der Waals surface area contributed by atoms with Crippen molar-refractivity contribution < 1.29 is 29.0 Å². The van der Waals surface area contributed by atoms with Gasteiger partial charge in [0.2, 0.25) is 5.91 Å². The fourth-order valence-electron chi connectivity index (χ4n) is 4.22. The van der Waals surface area contributed by atoms with E-state index in [4.69, 9.17) is 9.84 Å². The molecule has 1 aliphatic heterocycles. The summed E-state index contributed by atoms with van der Waals surface area (Å²) in [5.41, 5.74) is 0.455. The summed E-state index contributed by atoms with van der Waals surface area (Å²) in [6.07, 6.45) is 0. The molecule has 9 nitrogen and oxygen atoms in total. The molecule has 0 aliphatic carbocycles. The number of carbonyl (C=O) groups excluding carboxylic acids is 3. The lowest BCUT2D eigenvalue weighted by Crippen LogP contribution is -2.49. The Kier molecular flexibility index (Phi) is 7.91. The summed E-state index contributed by atoms with van der Waals surface area (Å²) in [4.78, 5) is 51.8. The van der Waals surface area contributed by atoms with Crippen LogP contribution in [0.2, 0.25) is 0 Å². The summed E-state index contributed by atoms with van der Waals surface area (Å²) < 4.78 is 5.62. The number of fused-ring (bicyclic) bond motifs is 1. The van der Waals surface area contributed by atoms with Crippen molar-refractivity contribution in [3.63, 3.8) is 0 Å². The van der Waals surface area contributed by atoms with Gasteiger partial charge in [0.1, 0.15) is 17.0 Å². The highest BCUT2D eigenvalue weighted by Gasteiger charge is 2.44. The first-order valence-electron chi connectivity index (χ1n) is 12.0. The maximum Gasteiger partial charge on any atom is 0.335 e. The Hall–Kier alpha value is -4.05. The van der Waals surface area contributed by atoms with Crippen molar-refractivity contribution in [3.8, 4) is 0 Å². The standard InChI is InChI=1S/C28H29N3O6S/c1-28(2,3)37-26(35)22-16-38-24(21-13-7-9-17-8-4-5-12-20(17)21)31(22)23(32)15-29-27(36)30-19-11-6-10-18(14-19)25(33)34/h4-14,22,24H,15-16H2,1-3H3,(H,33,34)(H2,29,30,36)/t22-,24?/m0/s1. The summed E-state index contributed by atoms with van der Waals surface area (Å²) in [5.74, 6) is -1.72. The zero-order valence-corrected chi connectivity index (χ0v) is 22.1. The molecular formula is C28H29N3O6S. The molecule has 0 bridgehead atoms. The van der Waals surface area contributed by atoms with Crippen LogP contribution in [0, 0.1) is 0 Å². The van der Waals surface area contributed by atoms with Crippen LogP contribution < -0.4 is 10.6 Å². The van der Waals surface area contributed by atoms with Crippen LogP contribution in [0.15, 0.2) is 66.7 Å². The van der Waals surface area contributed by atoms with Crippen molar-refractivity contribution >= 4 is 52.1 Å². The van der Waals surface area contributed by atoms with Crippen molar-refractivity contribution in [1.29, 1.82) is 0 Å². The number of ether oxygens (including phenoxy) is 1. The SMILES string of the molecule is CC(C)(C)OC(=O)[C@@H]1CSC(c2cccc3ccccc23)N1C(=O)CNC(=O)Nc1cccc(C(=O)O)c1. The smallest absolute Gasteiger partial charge is 0.335 e. The van der Waals surface area contributed by atoms with Crippen LogP contribution in [0.3, 0.4) is 0 Å². The molecule has 0 saturated carbocycles. The highest BCUT2D eigenvalue weighted by atomic mass is 32.2. The highest BCUT2D eigenvalue weighted by molar-refractivity contribution is 7.99. The van der Waals surface area contributed by atoms with Gasteiger partial charge in [-0.15, -0.1) is 11.8 Å². The van der Waals surface area contributed by atoms with Gasteiger partial charge in [-0.3, -0.25) is 4.79 Å². The number of carbonyl (C=O) groups is 4. The Labute approximate surface area is 224 Å². The maximum atomic E-state index is 13.5. The minimum Gasteiger partial charge on any atom is -0.478 e. The van der Waals surface area contributed by atoms with Gasteiger partial charge in [0.15, 0.2) is 0 Å². The molecule has 38 heavy (non-hydrogen) atoms. The third-order valence-electron chi connectivity index (χ3n) is 5.82. The lowest BCUT2D eigenvalue weighted by atomic mass is 10.0. The molecule has 1 saturated heterocycles. The number of thioether (sulfide) groups is 1. The fourth-order valence-corrected chi connectivity index (χ4v) is 5.69. The van der Waals surface area contributed by atoms with Crippen LogP contribution >= 0.6 is 11.8 Å². The second-order valence-corrected chi connectivity index (χ2v) is 10.9. The Bertz CT molecular complexity index is 1380. The molecule has 1 aliphatic rings. The molecule has 3 aromatic carbocycles. The first-order valence-corrected chi connectivity index (χ1v) is 13.1. The average molecular weight is 536 g/mol. The summed E-state index contributed by atoms with van der Waals surface area (Å²) in [7, 11) is 0. The molecule has 1 heterocycles. The number of anilines is 1. The summed E-state index contributed by atoms with van der Waals surface area (Å²) >= 11 is 1.47. The molecule has 198 valence electrons. The summed E-state index contributed by atoms with van der Waals surface area (Å²) in [6, 6.07) is 17.9.